The summed E-state index contributed by atoms with van der Waals surface area (Å²) in [6.07, 6.45) is 0. The van der Waals surface area contributed by atoms with Crippen molar-refractivity contribution in [1.29, 1.82) is 0 Å². The molecule has 0 saturated carbocycles. The van der Waals surface area contributed by atoms with Crippen LogP contribution in [0.25, 0.3) is 0 Å². The molecule has 0 atom stereocenters. The fraction of sp³-hybridized carbons (Fsp3) is 0.250. The van der Waals surface area contributed by atoms with Gasteiger partial charge in [0.25, 0.3) is 11.4 Å². The van der Waals surface area contributed by atoms with Crippen LogP contribution in [-0.2, 0) is 20.0 Å². The van der Waals surface area contributed by atoms with Gasteiger partial charge in [-0.05, 0) is 25.0 Å². The minimum atomic E-state index is -4.13. The van der Waals surface area contributed by atoms with Gasteiger partial charge in [0.05, 0.1) is 19.6 Å². The lowest BCUT2D eigenvalue weighted by atomic mass is 10.2. The quantitative estimate of drug-likeness (QED) is 0.321. The van der Waals surface area contributed by atoms with E-state index in [1.54, 1.807) is 0 Å². The second-order valence-corrected chi connectivity index (χ2v) is 9.68. The fourth-order valence-electron chi connectivity index (χ4n) is 2.51. The lowest BCUT2D eigenvalue weighted by molar-refractivity contribution is -0.385. The van der Waals surface area contributed by atoms with Crippen molar-refractivity contribution in [2.75, 3.05) is 13.1 Å². The lowest BCUT2D eigenvalue weighted by Crippen LogP contribution is -2.35. The molecular formula is C16H18N4O8S2. The summed E-state index contributed by atoms with van der Waals surface area (Å²) in [5.74, 6) is 0. The van der Waals surface area contributed by atoms with Crippen molar-refractivity contribution < 1.29 is 26.7 Å². The first-order chi connectivity index (χ1) is 13.8. The molecule has 0 radical (unpaired) electrons. The molecular weight excluding hydrogens is 440 g/mol. The number of hydrogen-bond acceptors (Lipinski definition) is 8. The molecule has 12 nitrogen and oxygen atoms in total. The molecule has 14 heteroatoms. The zero-order chi connectivity index (χ0) is 22.7. The Morgan fingerprint density at radius 3 is 1.37 bits per heavy atom. The van der Waals surface area contributed by atoms with Crippen molar-refractivity contribution in [2.24, 2.45) is 0 Å². The second kappa shape index (κ2) is 8.83. The molecule has 2 rings (SSSR count). The molecule has 0 aromatic heterocycles. The van der Waals surface area contributed by atoms with E-state index in [9.17, 15) is 37.1 Å². The largest absolute Gasteiger partial charge is 0.270 e. The number of aryl methyl sites for hydroxylation is 2. The Morgan fingerprint density at radius 1 is 0.733 bits per heavy atom. The number of benzene rings is 2. The molecule has 0 aliphatic rings. The van der Waals surface area contributed by atoms with Crippen LogP contribution in [0.1, 0.15) is 11.1 Å². The molecule has 0 heterocycles. The maximum absolute atomic E-state index is 12.4. The van der Waals surface area contributed by atoms with Crippen molar-refractivity contribution in [3.8, 4) is 0 Å². The topological polar surface area (TPSA) is 179 Å². The van der Waals surface area contributed by atoms with Gasteiger partial charge in [-0.1, -0.05) is 12.1 Å². The third-order valence-corrected chi connectivity index (χ3v) is 7.26. The maximum atomic E-state index is 12.4. The van der Waals surface area contributed by atoms with E-state index in [4.69, 9.17) is 0 Å². The van der Waals surface area contributed by atoms with Gasteiger partial charge in [0.1, 0.15) is 0 Å². The molecule has 0 bridgehead atoms. The Balaban J connectivity index is 2.11. The Morgan fingerprint density at radius 2 is 1.07 bits per heavy atom. The molecule has 162 valence electrons. The molecule has 0 saturated heterocycles. The summed E-state index contributed by atoms with van der Waals surface area (Å²) in [7, 11) is -8.27. The number of nitro benzene ring substituents is 2. The zero-order valence-electron chi connectivity index (χ0n) is 15.9. The van der Waals surface area contributed by atoms with Crippen LogP contribution in [0.3, 0.4) is 0 Å². The first-order valence-electron chi connectivity index (χ1n) is 8.34. The number of nitro groups is 2. The SMILES string of the molecule is Cc1ccc([N+](=O)[O-])cc1S(=O)(=O)NCCNS(=O)(=O)c1cc([N+](=O)[O-])ccc1C. The average Bonchev–Trinajstić information content (AvgIpc) is 2.65. The normalized spacial score (nSPS) is 11.9. The van der Waals surface area contributed by atoms with E-state index in [2.05, 4.69) is 9.44 Å². The molecule has 0 spiro atoms. The van der Waals surface area contributed by atoms with E-state index in [1.807, 2.05) is 0 Å². The van der Waals surface area contributed by atoms with E-state index in [1.165, 1.54) is 38.1 Å². The molecule has 2 aromatic carbocycles. The van der Waals surface area contributed by atoms with Gasteiger partial charge < -0.3 is 0 Å². The Hall–Kier alpha value is -2.94. The molecule has 0 aliphatic heterocycles. The highest BCUT2D eigenvalue weighted by molar-refractivity contribution is 7.90. The van der Waals surface area contributed by atoms with Crippen LogP contribution in [0.4, 0.5) is 11.4 Å². The molecule has 0 fully saturated rings. The molecule has 2 aromatic rings. The standard InChI is InChI=1S/C16H18N4O8S2/c1-11-3-5-13(19(21)22)9-15(11)29(25,26)17-7-8-18-30(27,28)16-10-14(20(23)24)6-4-12(16)2/h3-6,9-10,17-18H,7-8H2,1-2H3. The third-order valence-electron chi connectivity index (χ3n) is 4.05. The highest BCUT2D eigenvalue weighted by Gasteiger charge is 2.22. The summed E-state index contributed by atoms with van der Waals surface area (Å²) in [5, 5.41) is 21.7. The van der Waals surface area contributed by atoms with Crippen molar-refractivity contribution in [3.05, 3.63) is 67.8 Å². The van der Waals surface area contributed by atoms with Crippen LogP contribution in [0.15, 0.2) is 46.2 Å². The van der Waals surface area contributed by atoms with Gasteiger partial charge in [-0.15, -0.1) is 0 Å². The van der Waals surface area contributed by atoms with Crippen LogP contribution < -0.4 is 9.44 Å². The summed E-state index contributed by atoms with van der Waals surface area (Å²) in [6.45, 7) is 2.23. The van der Waals surface area contributed by atoms with Crippen LogP contribution in [0.2, 0.25) is 0 Å². The second-order valence-electron chi connectivity index (χ2n) is 6.21. The van der Waals surface area contributed by atoms with Gasteiger partial charge in [0.2, 0.25) is 20.0 Å². The number of hydrogen-bond donors (Lipinski definition) is 2. The highest BCUT2D eigenvalue weighted by Crippen LogP contribution is 2.22. The number of sulfonamides is 2. The smallest absolute Gasteiger partial charge is 0.258 e. The molecule has 30 heavy (non-hydrogen) atoms. The van der Waals surface area contributed by atoms with Crippen LogP contribution in [0.5, 0.6) is 0 Å². The summed E-state index contributed by atoms with van der Waals surface area (Å²) in [5.41, 5.74) is -0.243. The molecule has 0 unspecified atom stereocenters. The first kappa shape index (κ1) is 23.3. The van der Waals surface area contributed by atoms with E-state index in [-0.39, 0.29) is 34.0 Å². The highest BCUT2D eigenvalue weighted by atomic mass is 32.2. The molecule has 0 amide bonds. The predicted molar refractivity (Wildman–Crippen MR) is 106 cm³/mol. The van der Waals surface area contributed by atoms with Crippen LogP contribution in [0, 0.1) is 34.1 Å². The van der Waals surface area contributed by atoms with Crippen LogP contribution >= 0.6 is 0 Å². The van der Waals surface area contributed by atoms with Crippen molar-refractivity contribution in [3.63, 3.8) is 0 Å². The summed E-state index contributed by atoms with van der Waals surface area (Å²) in [6, 6.07) is 6.75. The summed E-state index contributed by atoms with van der Waals surface area (Å²) in [4.78, 5) is 19.7. The first-order valence-corrected chi connectivity index (χ1v) is 11.3. The van der Waals surface area contributed by atoms with Crippen molar-refractivity contribution in [1.82, 2.24) is 9.44 Å². The minimum absolute atomic E-state index is 0.279. The molecule has 0 aliphatic carbocycles. The van der Waals surface area contributed by atoms with E-state index in [0.717, 1.165) is 12.1 Å². The predicted octanol–water partition coefficient (Wildman–Crippen LogP) is 1.38. The number of nitrogens with one attached hydrogen (secondary N) is 2. The molecule has 2 N–H and O–H groups in total. The Bertz CT molecular complexity index is 1110. The lowest BCUT2D eigenvalue weighted by Gasteiger charge is -2.11. The van der Waals surface area contributed by atoms with Crippen LogP contribution in [-0.4, -0.2) is 39.8 Å². The van der Waals surface area contributed by atoms with E-state index >= 15 is 0 Å². The van der Waals surface area contributed by atoms with E-state index in [0.29, 0.717) is 0 Å². The third kappa shape index (κ3) is 5.35. The fourth-order valence-corrected chi connectivity index (χ4v) is 5.10. The van der Waals surface area contributed by atoms with Gasteiger partial charge in [-0.25, -0.2) is 26.3 Å². The van der Waals surface area contributed by atoms with Gasteiger partial charge in [-0.3, -0.25) is 20.2 Å². The van der Waals surface area contributed by atoms with Gasteiger partial charge >= 0.3 is 0 Å². The zero-order valence-corrected chi connectivity index (χ0v) is 17.5. The Kier molecular flexibility index (Phi) is 6.87. The van der Waals surface area contributed by atoms with Gasteiger partial charge in [0.15, 0.2) is 0 Å². The van der Waals surface area contributed by atoms with Crippen molar-refractivity contribution in [2.45, 2.75) is 23.6 Å². The van der Waals surface area contributed by atoms with Gasteiger partial charge in [-0.2, -0.15) is 0 Å². The van der Waals surface area contributed by atoms with Gasteiger partial charge in [0, 0.05) is 37.4 Å². The number of rotatable bonds is 9. The monoisotopic (exact) mass is 458 g/mol. The summed E-state index contributed by atoms with van der Waals surface area (Å²) >= 11 is 0. The Labute approximate surface area is 172 Å². The van der Waals surface area contributed by atoms with E-state index < -0.39 is 41.3 Å². The minimum Gasteiger partial charge on any atom is -0.258 e. The number of non-ortho nitro benzene ring substituents is 2. The number of nitrogens with zero attached hydrogens (tertiary/aromatic N) is 2. The van der Waals surface area contributed by atoms with Crippen molar-refractivity contribution >= 4 is 31.4 Å². The average molecular weight is 458 g/mol. The maximum Gasteiger partial charge on any atom is 0.270 e. The summed E-state index contributed by atoms with van der Waals surface area (Å²) < 4.78 is 54.0.